The topological polar surface area (TPSA) is 105 Å². The highest BCUT2D eigenvalue weighted by atomic mass is 31.2. The number of likely N-dealkylation sites (N-methyl/N-ethyl adjacent to an activating group) is 1. The van der Waals surface area contributed by atoms with Crippen molar-refractivity contribution >= 4 is 13.7 Å². The molecule has 9 heteroatoms. The number of allylic oxidation sites excluding steroid dienone is 7. The van der Waals surface area contributed by atoms with Gasteiger partial charge in [-0.2, -0.15) is 0 Å². The number of carbonyl (C=O) groups is 1. The number of phosphoric acid groups is 1. The van der Waals surface area contributed by atoms with Gasteiger partial charge in [0.05, 0.1) is 39.9 Å². The maximum absolute atomic E-state index is 12.9. The first kappa shape index (κ1) is 58.5. The number of nitrogens with one attached hydrogen (secondary N) is 1. The highest BCUT2D eigenvalue weighted by Gasteiger charge is 2.27. The Kier molecular flexibility index (Phi) is 41.6. The van der Waals surface area contributed by atoms with E-state index in [2.05, 4.69) is 55.6 Å². The fraction of sp³-hybridized carbons (Fsp3) is 0.824. The van der Waals surface area contributed by atoms with E-state index in [0.717, 1.165) is 44.9 Å². The van der Waals surface area contributed by atoms with E-state index in [0.29, 0.717) is 17.4 Å². The molecular weight excluding hydrogens is 768 g/mol. The zero-order valence-corrected chi connectivity index (χ0v) is 40.8. The van der Waals surface area contributed by atoms with Crippen LogP contribution in [0.1, 0.15) is 219 Å². The molecule has 0 aromatic carbocycles. The van der Waals surface area contributed by atoms with Gasteiger partial charge in [-0.15, -0.1) is 0 Å². The average molecular weight is 866 g/mol. The number of carbonyl (C=O) groups excluding carboxylic acids is 1. The maximum Gasteiger partial charge on any atom is 0.472 e. The van der Waals surface area contributed by atoms with Crippen LogP contribution in [0.3, 0.4) is 0 Å². The smallest absolute Gasteiger partial charge is 0.387 e. The van der Waals surface area contributed by atoms with Gasteiger partial charge < -0.3 is 19.8 Å². The molecule has 3 N–H and O–H groups in total. The van der Waals surface area contributed by atoms with Crippen LogP contribution in [0.4, 0.5) is 0 Å². The minimum atomic E-state index is -4.35. The fourth-order valence-electron chi connectivity index (χ4n) is 7.01. The summed E-state index contributed by atoms with van der Waals surface area (Å²) in [6.07, 6.45) is 54.8. The number of hydrogen-bond donors (Lipinski definition) is 3. The first-order valence-electron chi connectivity index (χ1n) is 25.0. The number of unbranched alkanes of at least 4 members (excludes halogenated alkanes) is 26. The molecule has 0 radical (unpaired) electrons. The summed E-state index contributed by atoms with van der Waals surface area (Å²) < 4.78 is 23.6. The second-order valence-corrected chi connectivity index (χ2v) is 19.6. The Bertz CT molecular complexity index is 1120. The predicted molar refractivity (Wildman–Crippen MR) is 258 cm³/mol. The van der Waals surface area contributed by atoms with Crippen molar-refractivity contribution in [2.75, 3.05) is 40.9 Å². The van der Waals surface area contributed by atoms with E-state index in [1.165, 1.54) is 154 Å². The number of nitrogens with zero attached hydrogens (tertiary/aromatic N) is 1. The van der Waals surface area contributed by atoms with Crippen LogP contribution in [0.5, 0.6) is 0 Å². The third-order valence-corrected chi connectivity index (χ3v) is 12.0. The Morgan fingerprint density at radius 2 is 0.917 bits per heavy atom. The Hall–Kier alpha value is -1.54. The molecule has 0 aromatic heterocycles. The quantitative estimate of drug-likeness (QED) is 0.0244. The van der Waals surface area contributed by atoms with E-state index in [1.54, 1.807) is 6.08 Å². The number of aliphatic hydroxyl groups excluding tert-OH is 1. The molecule has 0 rings (SSSR count). The Morgan fingerprint density at radius 3 is 1.33 bits per heavy atom. The van der Waals surface area contributed by atoms with Gasteiger partial charge in [-0.25, -0.2) is 4.57 Å². The molecule has 0 spiro atoms. The number of hydrogen-bond acceptors (Lipinski definition) is 5. The van der Waals surface area contributed by atoms with E-state index in [-0.39, 0.29) is 19.1 Å². The molecular formula is C51H98N2O6P+. The zero-order chi connectivity index (χ0) is 44.3. The minimum absolute atomic E-state index is 0.0519. The molecule has 60 heavy (non-hydrogen) atoms. The number of rotatable bonds is 45. The first-order chi connectivity index (χ1) is 29.0. The molecule has 0 aliphatic heterocycles. The van der Waals surface area contributed by atoms with Crippen molar-refractivity contribution in [3.05, 3.63) is 48.6 Å². The van der Waals surface area contributed by atoms with Gasteiger partial charge in [0.15, 0.2) is 0 Å². The minimum Gasteiger partial charge on any atom is -0.387 e. The summed E-state index contributed by atoms with van der Waals surface area (Å²) in [5.41, 5.74) is 0. The monoisotopic (exact) mass is 866 g/mol. The lowest BCUT2D eigenvalue weighted by Gasteiger charge is -2.25. The molecule has 0 heterocycles. The van der Waals surface area contributed by atoms with Crippen molar-refractivity contribution in [2.24, 2.45) is 0 Å². The predicted octanol–water partition coefficient (Wildman–Crippen LogP) is 14.4. The maximum atomic E-state index is 12.9. The Balaban J connectivity index is 4.41. The second kappa shape index (κ2) is 42.7. The molecule has 0 aromatic rings. The first-order valence-corrected chi connectivity index (χ1v) is 26.5. The fourth-order valence-corrected chi connectivity index (χ4v) is 7.74. The molecule has 0 fully saturated rings. The third kappa shape index (κ3) is 44.5. The Morgan fingerprint density at radius 1 is 0.550 bits per heavy atom. The third-order valence-electron chi connectivity index (χ3n) is 11.0. The van der Waals surface area contributed by atoms with Crippen LogP contribution in [0.15, 0.2) is 48.6 Å². The largest absolute Gasteiger partial charge is 0.472 e. The molecule has 3 unspecified atom stereocenters. The van der Waals surface area contributed by atoms with Crippen LogP contribution in [0, 0.1) is 0 Å². The van der Waals surface area contributed by atoms with Crippen molar-refractivity contribution in [3.8, 4) is 0 Å². The summed E-state index contributed by atoms with van der Waals surface area (Å²) in [5, 5.41) is 13.8. The average Bonchev–Trinajstić information content (AvgIpc) is 3.20. The summed E-state index contributed by atoms with van der Waals surface area (Å²) in [6, 6.07) is -0.872. The van der Waals surface area contributed by atoms with Crippen LogP contribution >= 0.6 is 7.82 Å². The summed E-state index contributed by atoms with van der Waals surface area (Å²) in [4.78, 5) is 23.2. The van der Waals surface area contributed by atoms with Crippen molar-refractivity contribution in [1.82, 2.24) is 5.32 Å². The standard InChI is InChI=1S/C51H97N2O6P/c1-6-8-10-12-14-16-18-20-22-24-26-27-29-31-33-35-37-39-41-43-45-51(55)52-49(48-59-60(56,57)58-47-46-53(3,4)5)50(54)44-42-40-38-36-34-32-30-28-25-23-21-19-17-15-13-11-9-7-2/h25-28,34,36,42,44,49-50,54H,6-24,29-33,35,37-41,43,45-48H2,1-5H3,(H-,52,55,56,57)/p+1/b27-26-,28-25+,36-34+,44-42+. The highest BCUT2D eigenvalue weighted by molar-refractivity contribution is 7.47. The lowest BCUT2D eigenvalue weighted by Crippen LogP contribution is -2.45. The number of quaternary nitrogens is 1. The van der Waals surface area contributed by atoms with Crippen molar-refractivity contribution in [2.45, 2.75) is 231 Å². The van der Waals surface area contributed by atoms with E-state index in [1.807, 2.05) is 27.2 Å². The highest BCUT2D eigenvalue weighted by Crippen LogP contribution is 2.43. The lowest BCUT2D eigenvalue weighted by atomic mass is 10.1. The lowest BCUT2D eigenvalue weighted by molar-refractivity contribution is -0.870. The molecule has 352 valence electrons. The van der Waals surface area contributed by atoms with Gasteiger partial charge in [0, 0.05) is 6.42 Å². The van der Waals surface area contributed by atoms with Gasteiger partial charge in [0.25, 0.3) is 0 Å². The van der Waals surface area contributed by atoms with Gasteiger partial charge in [0.2, 0.25) is 5.91 Å². The van der Waals surface area contributed by atoms with E-state index in [9.17, 15) is 19.4 Å². The van der Waals surface area contributed by atoms with Gasteiger partial charge >= 0.3 is 7.82 Å². The van der Waals surface area contributed by atoms with E-state index < -0.39 is 20.0 Å². The van der Waals surface area contributed by atoms with Crippen LogP contribution in [0.25, 0.3) is 0 Å². The van der Waals surface area contributed by atoms with Crippen LogP contribution in [-0.4, -0.2) is 73.4 Å². The molecule has 1 amide bonds. The Labute approximate surface area is 371 Å². The van der Waals surface area contributed by atoms with Crippen molar-refractivity contribution in [3.63, 3.8) is 0 Å². The van der Waals surface area contributed by atoms with Gasteiger partial charge in [-0.05, 0) is 70.6 Å². The summed E-state index contributed by atoms with van der Waals surface area (Å²) in [6.45, 7) is 4.78. The number of phosphoric ester groups is 1. The van der Waals surface area contributed by atoms with Crippen molar-refractivity contribution < 1.29 is 32.9 Å². The zero-order valence-electron chi connectivity index (χ0n) is 39.9. The number of amides is 1. The van der Waals surface area contributed by atoms with Gasteiger partial charge in [-0.1, -0.05) is 191 Å². The van der Waals surface area contributed by atoms with Crippen molar-refractivity contribution in [1.29, 1.82) is 0 Å². The molecule has 3 atom stereocenters. The summed E-state index contributed by atoms with van der Waals surface area (Å²) >= 11 is 0. The number of aliphatic hydroxyl groups is 1. The molecule has 0 saturated carbocycles. The molecule has 0 saturated heterocycles. The molecule has 0 bridgehead atoms. The van der Waals surface area contributed by atoms with Crippen LogP contribution < -0.4 is 5.32 Å². The molecule has 0 aliphatic rings. The van der Waals surface area contributed by atoms with Gasteiger partial charge in [-0.3, -0.25) is 13.8 Å². The van der Waals surface area contributed by atoms with Gasteiger partial charge in [0.1, 0.15) is 13.2 Å². The molecule has 8 nitrogen and oxygen atoms in total. The summed E-state index contributed by atoms with van der Waals surface area (Å²) in [7, 11) is 1.54. The van der Waals surface area contributed by atoms with Crippen LogP contribution in [0.2, 0.25) is 0 Å². The normalized spacial score (nSPS) is 14.6. The van der Waals surface area contributed by atoms with E-state index in [4.69, 9.17) is 9.05 Å². The summed E-state index contributed by atoms with van der Waals surface area (Å²) in [5.74, 6) is -0.196. The SMILES string of the molecule is CCCCCCCCCC/C=C/CC/C=C/CC/C=C/C(O)C(COP(=O)(O)OCC[N+](C)(C)C)NC(=O)CCCCCCCCC/C=C\CCCCCCCCCCC. The van der Waals surface area contributed by atoms with Crippen LogP contribution in [-0.2, 0) is 18.4 Å². The van der Waals surface area contributed by atoms with E-state index >= 15 is 0 Å². The molecule has 0 aliphatic carbocycles. The second-order valence-electron chi connectivity index (χ2n) is 18.2.